The molecule has 5 nitrogen and oxygen atoms in total. The van der Waals surface area contributed by atoms with Crippen LogP contribution in [0.5, 0.6) is 5.75 Å². The van der Waals surface area contributed by atoms with E-state index in [4.69, 9.17) is 4.74 Å². The van der Waals surface area contributed by atoms with Gasteiger partial charge in [-0.2, -0.15) is 0 Å². The summed E-state index contributed by atoms with van der Waals surface area (Å²) in [6, 6.07) is 9.83. The van der Waals surface area contributed by atoms with Crippen LogP contribution in [-0.2, 0) is 6.54 Å². The van der Waals surface area contributed by atoms with Crippen molar-refractivity contribution in [2.75, 3.05) is 11.9 Å². The van der Waals surface area contributed by atoms with E-state index in [9.17, 15) is 13.6 Å². The van der Waals surface area contributed by atoms with E-state index >= 15 is 0 Å². The predicted octanol–water partition coefficient (Wildman–Crippen LogP) is 3.49. The molecule has 25 heavy (non-hydrogen) atoms. The molecular weight excluding hydrogens is 328 g/mol. The number of halogens is 2. The summed E-state index contributed by atoms with van der Waals surface area (Å²) in [6.07, 6.45) is 5.22. The maximum Gasteiger partial charge on any atom is 0.255 e. The van der Waals surface area contributed by atoms with E-state index < -0.39 is 17.5 Å². The van der Waals surface area contributed by atoms with Crippen molar-refractivity contribution in [2.45, 2.75) is 6.54 Å². The molecule has 7 heteroatoms. The maximum atomic E-state index is 13.2. The highest BCUT2D eigenvalue weighted by Crippen LogP contribution is 2.18. The highest BCUT2D eigenvalue weighted by molar-refractivity contribution is 6.04. The minimum Gasteiger partial charge on any atom is -0.492 e. The lowest BCUT2D eigenvalue weighted by Crippen LogP contribution is -2.12. The standard InChI is InChI=1S/C18H15F2N3O2/c19-16-5-4-13(10-17(16)20)18(24)22-14-2-1-3-15(11-14)25-9-8-23-7-6-21-12-23/h1-7,10-12H,8-9H2,(H,22,24). The van der Waals surface area contributed by atoms with Crippen LogP contribution in [0, 0.1) is 11.6 Å². The van der Waals surface area contributed by atoms with Crippen molar-refractivity contribution in [1.29, 1.82) is 0 Å². The third kappa shape index (κ3) is 4.41. The fourth-order valence-corrected chi connectivity index (χ4v) is 2.19. The second kappa shape index (κ2) is 7.57. The number of nitrogens with zero attached hydrogens (tertiary/aromatic N) is 2. The quantitative estimate of drug-likeness (QED) is 0.745. The van der Waals surface area contributed by atoms with Crippen molar-refractivity contribution in [3.8, 4) is 5.75 Å². The van der Waals surface area contributed by atoms with Crippen molar-refractivity contribution in [1.82, 2.24) is 9.55 Å². The molecule has 0 aliphatic carbocycles. The number of carbonyl (C=O) groups is 1. The van der Waals surface area contributed by atoms with Crippen molar-refractivity contribution >= 4 is 11.6 Å². The van der Waals surface area contributed by atoms with Gasteiger partial charge in [-0.3, -0.25) is 4.79 Å². The van der Waals surface area contributed by atoms with Gasteiger partial charge in [-0.25, -0.2) is 13.8 Å². The molecule has 3 rings (SSSR count). The average molecular weight is 343 g/mol. The number of ether oxygens (including phenoxy) is 1. The second-order valence-corrected chi connectivity index (χ2v) is 5.26. The molecule has 0 aliphatic rings. The highest BCUT2D eigenvalue weighted by Gasteiger charge is 2.10. The molecule has 0 unspecified atom stereocenters. The molecule has 3 aromatic rings. The largest absolute Gasteiger partial charge is 0.492 e. The van der Waals surface area contributed by atoms with Crippen molar-refractivity contribution in [2.24, 2.45) is 0 Å². The Hall–Kier alpha value is -3.22. The highest BCUT2D eigenvalue weighted by atomic mass is 19.2. The Bertz CT molecular complexity index is 867. The lowest BCUT2D eigenvalue weighted by Gasteiger charge is -2.10. The molecule has 0 saturated heterocycles. The SMILES string of the molecule is O=C(Nc1cccc(OCCn2ccnc2)c1)c1ccc(F)c(F)c1. The molecule has 128 valence electrons. The number of benzene rings is 2. The first-order valence-corrected chi connectivity index (χ1v) is 7.57. The lowest BCUT2D eigenvalue weighted by atomic mass is 10.2. The number of aromatic nitrogens is 2. The van der Waals surface area contributed by atoms with Gasteiger partial charge in [0, 0.05) is 29.7 Å². The Labute approximate surface area is 142 Å². The Morgan fingerprint density at radius 1 is 1.16 bits per heavy atom. The van der Waals surface area contributed by atoms with E-state index in [1.165, 1.54) is 6.07 Å². The summed E-state index contributed by atoms with van der Waals surface area (Å²) < 4.78 is 33.7. The smallest absolute Gasteiger partial charge is 0.255 e. The van der Waals surface area contributed by atoms with Gasteiger partial charge in [0.15, 0.2) is 11.6 Å². The van der Waals surface area contributed by atoms with E-state index in [1.807, 2.05) is 10.8 Å². The number of anilines is 1. The fraction of sp³-hybridized carbons (Fsp3) is 0.111. The minimum absolute atomic E-state index is 0.0327. The zero-order valence-electron chi connectivity index (χ0n) is 13.2. The molecule has 0 bridgehead atoms. The van der Waals surface area contributed by atoms with Crippen LogP contribution in [0.4, 0.5) is 14.5 Å². The van der Waals surface area contributed by atoms with Gasteiger partial charge in [0.05, 0.1) is 12.9 Å². The van der Waals surface area contributed by atoms with Gasteiger partial charge in [-0.15, -0.1) is 0 Å². The van der Waals surface area contributed by atoms with Crippen LogP contribution >= 0.6 is 0 Å². The molecular formula is C18H15F2N3O2. The van der Waals surface area contributed by atoms with Crippen molar-refractivity contribution in [3.05, 3.63) is 78.4 Å². The molecule has 1 aromatic heterocycles. The average Bonchev–Trinajstić information content (AvgIpc) is 3.11. The molecule has 2 aromatic carbocycles. The van der Waals surface area contributed by atoms with Gasteiger partial charge < -0.3 is 14.6 Å². The molecule has 1 N–H and O–H groups in total. The van der Waals surface area contributed by atoms with Crippen LogP contribution in [0.3, 0.4) is 0 Å². The first-order valence-electron chi connectivity index (χ1n) is 7.57. The number of hydrogen-bond acceptors (Lipinski definition) is 3. The zero-order chi connectivity index (χ0) is 17.6. The lowest BCUT2D eigenvalue weighted by molar-refractivity contribution is 0.102. The topological polar surface area (TPSA) is 56.1 Å². The zero-order valence-corrected chi connectivity index (χ0v) is 13.2. The number of imidazole rings is 1. The first-order chi connectivity index (χ1) is 12.1. The number of carbonyl (C=O) groups excluding carboxylic acids is 1. The van der Waals surface area contributed by atoms with Gasteiger partial charge in [-0.1, -0.05) is 6.07 Å². The van der Waals surface area contributed by atoms with Crippen molar-refractivity contribution in [3.63, 3.8) is 0 Å². The van der Waals surface area contributed by atoms with Gasteiger partial charge in [-0.05, 0) is 30.3 Å². The Morgan fingerprint density at radius 2 is 2.04 bits per heavy atom. The predicted molar refractivity (Wildman–Crippen MR) is 88.5 cm³/mol. The molecule has 0 radical (unpaired) electrons. The Kier molecular flexibility index (Phi) is 5.03. The summed E-state index contributed by atoms with van der Waals surface area (Å²) in [5.74, 6) is -2.01. The van der Waals surface area contributed by atoms with Crippen LogP contribution in [-0.4, -0.2) is 22.1 Å². The third-order valence-corrected chi connectivity index (χ3v) is 3.45. The summed E-state index contributed by atoms with van der Waals surface area (Å²) in [5.41, 5.74) is 0.528. The summed E-state index contributed by atoms with van der Waals surface area (Å²) in [4.78, 5) is 16.1. The van der Waals surface area contributed by atoms with Crippen molar-refractivity contribution < 1.29 is 18.3 Å². The first kappa shape index (κ1) is 16.6. The minimum atomic E-state index is -1.07. The van der Waals surface area contributed by atoms with E-state index in [2.05, 4.69) is 10.3 Å². The number of rotatable bonds is 6. The summed E-state index contributed by atoms with van der Waals surface area (Å²) >= 11 is 0. The van der Waals surface area contributed by atoms with E-state index in [0.717, 1.165) is 12.1 Å². The summed E-state index contributed by atoms with van der Waals surface area (Å²) in [6.45, 7) is 1.09. The maximum absolute atomic E-state index is 13.2. The van der Waals surface area contributed by atoms with Crippen LogP contribution in [0.1, 0.15) is 10.4 Å². The molecule has 1 amide bonds. The van der Waals surface area contributed by atoms with Gasteiger partial charge in [0.1, 0.15) is 12.4 Å². The Morgan fingerprint density at radius 3 is 2.80 bits per heavy atom. The van der Waals surface area contributed by atoms with Crippen LogP contribution in [0.2, 0.25) is 0 Å². The number of amides is 1. The fourth-order valence-electron chi connectivity index (χ4n) is 2.19. The summed E-state index contributed by atoms with van der Waals surface area (Å²) in [7, 11) is 0. The molecule has 0 aliphatic heterocycles. The Balaban J connectivity index is 1.60. The van der Waals surface area contributed by atoms with Crippen LogP contribution in [0.25, 0.3) is 0 Å². The van der Waals surface area contributed by atoms with E-state index in [0.29, 0.717) is 24.6 Å². The molecule has 1 heterocycles. The van der Waals surface area contributed by atoms with Gasteiger partial charge >= 0.3 is 0 Å². The monoisotopic (exact) mass is 343 g/mol. The van der Waals surface area contributed by atoms with E-state index in [1.54, 1.807) is 36.8 Å². The van der Waals surface area contributed by atoms with Gasteiger partial charge in [0.2, 0.25) is 0 Å². The van der Waals surface area contributed by atoms with Crippen LogP contribution < -0.4 is 10.1 Å². The normalized spacial score (nSPS) is 10.5. The summed E-state index contributed by atoms with van der Waals surface area (Å²) in [5, 5.41) is 2.63. The van der Waals surface area contributed by atoms with Gasteiger partial charge in [0.25, 0.3) is 5.91 Å². The number of hydrogen-bond donors (Lipinski definition) is 1. The molecule has 0 fully saturated rings. The molecule has 0 atom stereocenters. The molecule has 0 spiro atoms. The number of nitrogens with one attached hydrogen (secondary N) is 1. The van der Waals surface area contributed by atoms with Crippen LogP contribution in [0.15, 0.2) is 61.2 Å². The third-order valence-electron chi connectivity index (χ3n) is 3.45. The molecule has 0 saturated carbocycles. The second-order valence-electron chi connectivity index (χ2n) is 5.26. The van der Waals surface area contributed by atoms with E-state index in [-0.39, 0.29) is 5.56 Å².